The van der Waals surface area contributed by atoms with Crippen LogP contribution in [0.5, 0.6) is 0 Å². The molecule has 0 amide bonds. The number of hydrogen-bond acceptors (Lipinski definition) is 9. The molecule has 1 N–H and O–H groups in total. The van der Waals surface area contributed by atoms with Crippen LogP contribution in [-0.2, 0) is 38.1 Å². The van der Waals surface area contributed by atoms with Gasteiger partial charge in [0.1, 0.15) is 18.8 Å². The second kappa shape index (κ2) is 9.59. The number of nitrogens with one attached hydrogen (secondary N) is 1. The highest BCUT2D eigenvalue weighted by Gasteiger charge is 2.50. The summed E-state index contributed by atoms with van der Waals surface area (Å²) < 4.78 is 23.7. The Hall–Kier alpha value is -1.29. The van der Waals surface area contributed by atoms with Crippen molar-refractivity contribution in [1.29, 1.82) is 5.41 Å². The fourth-order valence-electron chi connectivity index (χ4n) is 2.32. The van der Waals surface area contributed by atoms with Gasteiger partial charge in [-0.05, 0) is 0 Å². The third-order valence-electron chi connectivity index (χ3n) is 3.43. The number of esters is 2. The first-order valence-corrected chi connectivity index (χ1v) is 8.48. The Morgan fingerprint density at radius 3 is 2.12 bits per heavy atom. The van der Waals surface area contributed by atoms with Crippen LogP contribution >= 0.6 is 34.8 Å². The Balaban J connectivity index is 3.16. The first-order valence-electron chi connectivity index (χ1n) is 7.35. The molecule has 0 spiro atoms. The largest absolute Gasteiger partial charge is 0.465 e. The number of halogens is 3. The maximum Gasteiger partial charge on any atom is 0.303 e. The van der Waals surface area contributed by atoms with Crippen molar-refractivity contribution in [3.8, 4) is 0 Å². The zero-order chi connectivity index (χ0) is 20.1. The number of hydrogen-bond donors (Lipinski definition) is 1. The first-order chi connectivity index (χ1) is 12.0. The normalized spacial score (nSPS) is 28.6. The molecule has 1 fully saturated rings. The second-order valence-electron chi connectivity index (χ2n) is 5.42. The molecule has 9 nitrogen and oxygen atoms in total. The number of rotatable bonds is 6. The predicted octanol–water partition coefficient (Wildman–Crippen LogP) is 1.75. The standard InChI is InChI=1S/C14H18Cl3NO8/c1-6-9(4-22-5-19)25-12(26-13(18)14(15,16)17)11(24-8(3)21)10(6)23-7(2)20/h5-6,9-12,18H,4H2,1-3H3/t6-,9-,10+,11-,12-/m1/s1. The minimum absolute atomic E-state index is 0.198. The Labute approximate surface area is 164 Å². The maximum atomic E-state index is 11.5. The van der Waals surface area contributed by atoms with E-state index in [-0.39, 0.29) is 13.1 Å². The highest BCUT2D eigenvalue weighted by molar-refractivity contribution is 6.76. The molecule has 26 heavy (non-hydrogen) atoms. The molecule has 1 saturated heterocycles. The smallest absolute Gasteiger partial charge is 0.303 e. The van der Waals surface area contributed by atoms with Crippen LogP contribution in [0, 0.1) is 11.3 Å². The highest BCUT2D eigenvalue weighted by atomic mass is 35.6. The SMILES string of the molecule is CC(=O)O[C@H]1[C@@H](OC(=N)C(Cl)(Cl)Cl)O[C@H](COC=O)[C@@H](C)[C@@H]1OC(C)=O. The minimum Gasteiger partial charge on any atom is -0.465 e. The van der Waals surface area contributed by atoms with Gasteiger partial charge in [-0.3, -0.25) is 19.8 Å². The van der Waals surface area contributed by atoms with Gasteiger partial charge in [-0.15, -0.1) is 0 Å². The zero-order valence-corrected chi connectivity index (χ0v) is 16.3. The molecular formula is C14H18Cl3NO8. The van der Waals surface area contributed by atoms with Crippen molar-refractivity contribution in [3.63, 3.8) is 0 Å². The molecule has 0 aromatic carbocycles. The summed E-state index contributed by atoms with van der Waals surface area (Å²) in [5.74, 6) is -2.70. The third kappa shape index (κ3) is 6.46. The van der Waals surface area contributed by atoms with Crippen LogP contribution in [0.25, 0.3) is 0 Å². The van der Waals surface area contributed by atoms with Crippen LogP contribution in [0.3, 0.4) is 0 Å². The van der Waals surface area contributed by atoms with E-state index in [1.54, 1.807) is 6.92 Å². The lowest BCUT2D eigenvalue weighted by Crippen LogP contribution is -2.59. The summed E-state index contributed by atoms with van der Waals surface area (Å²) in [7, 11) is 0. The number of ether oxygens (including phenoxy) is 5. The van der Waals surface area contributed by atoms with Crippen molar-refractivity contribution in [2.45, 2.75) is 49.2 Å². The Kier molecular flexibility index (Phi) is 8.39. The molecule has 0 aromatic heterocycles. The summed E-state index contributed by atoms with van der Waals surface area (Å²) in [5, 5.41) is 7.68. The summed E-state index contributed by atoms with van der Waals surface area (Å²) >= 11 is 16.8. The molecule has 0 saturated carbocycles. The minimum atomic E-state index is -2.20. The molecular weight excluding hydrogens is 417 g/mol. The van der Waals surface area contributed by atoms with Crippen molar-refractivity contribution in [2.24, 2.45) is 5.92 Å². The van der Waals surface area contributed by atoms with E-state index in [9.17, 15) is 14.4 Å². The number of carbonyl (C=O) groups excluding carboxylic acids is 3. The van der Waals surface area contributed by atoms with Gasteiger partial charge in [-0.1, -0.05) is 41.7 Å². The van der Waals surface area contributed by atoms with E-state index in [1.165, 1.54) is 6.92 Å². The fourth-order valence-corrected chi connectivity index (χ4v) is 2.46. The molecule has 0 bridgehead atoms. The van der Waals surface area contributed by atoms with Crippen molar-refractivity contribution in [2.75, 3.05) is 6.61 Å². The van der Waals surface area contributed by atoms with E-state index in [4.69, 9.17) is 63.9 Å². The average Bonchev–Trinajstić information content (AvgIpc) is 2.50. The average molecular weight is 435 g/mol. The van der Waals surface area contributed by atoms with Crippen molar-refractivity contribution in [3.05, 3.63) is 0 Å². The summed E-state index contributed by atoms with van der Waals surface area (Å²) in [5.41, 5.74) is 0. The van der Waals surface area contributed by atoms with Crippen LogP contribution in [-0.4, -0.2) is 59.3 Å². The van der Waals surface area contributed by atoms with Gasteiger partial charge in [0.2, 0.25) is 18.3 Å². The maximum absolute atomic E-state index is 11.5. The van der Waals surface area contributed by atoms with Gasteiger partial charge in [-0.25, -0.2) is 0 Å². The van der Waals surface area contributed by atoms with E-state index in [2.05, 4.69) is 0 Å². The van der Waals surface area contributed by atoms with Crippen LogP contribution in [0.15, 0.2) is 0 Å². The quantitative estimate of drug-likeness (QED) is 0.168. The van der Waals surface area contributed by atoms with Gasteiger partial charge in [0, 0.05) is 19.8 Å². The van der Waals surface area contributed by atoms with Crippen LogP contribution in [0.1, 0.15) is 20.8 Å². The lowest BCUT2D eigenvalue weighted by Gasteiger charge is -2.43. The summed E-state index contributed by atoms with van der Waals surface area (Å²) in [4.78, 5) is 33.4. The van der Waals surface area contributed by atoms with Gasteiger partial charge < -0.3 is 23.7 Å². The van der Waals surface area contributed by atoms with Gasteiger partial charge >= 0.3 is 11.9 Å². The van der Waals surface area contributed by atoms with Crippen LogP contribution in [0.2, 0.25) is 0 Å². The predicted molar refractivity (Wildman–Crippen MR) is 90.1 cm³/mol. The fraction of sp³-hybridized carbons (Fsp3) is 0.714. The van der Waals surface area contributed by atoms with Gasteiger partial charge in [0.05, 0.1) is 0 Å². The van der Waals surface area contributed by atoms with E-state index >= 15 is 0 Å². The topological polar surface area (TPSA) is 121 Å². The van der Waals surface area contributed by atoms with Gasteiger partial charge in [0.25, 0.3) is 10.3 Å². The summed E-state index contributed by atoms with van der Waals surface area (Å²) in [6.45, 7) is 3.96. The van der Waals surface area contributed by atoms with Crippen molar-refractivity contribution in [1.82, 2.24) is 0 Å². The van der Waals surface area contributed by atoms with Gasteiger partial charge in [-0.2, -0.15) is 0 Å². The molecule has 5 atom stereocenters. The van der Waals surface area contributed by atoms with Crippen LogP contribution in [0.4, 0.5) is 0 Å². The Morgan fingerprint density at radius 2 is 1.65 bits per heavy atom. The zero-order valence-electron chi connectivity index (χ0n) is 14.1. The number of alkyl halides is 3. The molecule has 1 aliphatic heterocycles. The molecule has 0 unspecified atom stereocenters. The van der Waals surface area contributed by atoms with Crippen LogP contribution < -0.4 is 0 Å². The lowest BCUT2D eigenvalue weighted by atomic mass is 9.90. The van der Waals surface area contributed by atoms with E-state index in [1.807, 2.05) is 0 Å². The summed E-state index contributed by atoms with van der Waals surface area (Å²) in [6, 6.07) is 0. The second-order valence-corrected chi connectivity index (χ2v) is 7.71. The Bertz CT molecular complexity index is 553. The van der Waals surface area contributed by atoms with E-state index < -0.39 is 52.1 Å². The van der Waals surface area contributed by atoms with E-state index in [0.29, 0.717) is 0 Å². The monoisotopic (exact) mass is 433 g/mol. The molecule has 1 rings (SSSR count). The van der Waals surface area contributed by atoms with Crippen molar-refractivity contribution < 1.29 is 38.1 Å². The molecule has 148 valence electrons. The molecule has 12 heteroatoms. The third-order valence-corrected chi connectivity index (χ3v) is 3.94. The van der Waals surface area contributed by atoms with E-state index in [0.717, 1.165) is 6.92 Å². The van der Waals surface area contributed by atoms with Crippen molar-refractivity contribution >= 4 is 59.1 Å². The molecule has 1 heterocycles. The Morgan fingerprint density at radius 1 is 1.12 bits per heavy atom. The molecule has 0 aromatic rings. The molecule has 0 aliphatic carbocycles. The first kappa shape index (κ1) is 22.8. The van der Waals surface area contributed by atoms with Gasteiger partial charge in [0.15, 0.2) is 0 Å². The lowest BCUT2D eigenvalue weighted by molar-refractivity contribution is -0.275. The number of carbonyl (C=O) groups is 3. The summed E-state index contributed by atoms with van der Waals surface area (Å²) in [6.07, 6.45) is -4.50. The molecule has 0 radical (unpaired) electrons. The highest BCUT2D eigenvalue weighted by Crippen LogP contribution is 2.34. The molecule has 1 aliphatic rings.